The molecule has 0 spiro atoms. The smallest absolute Gasteiger partial charge is 0.154 e. The fourth-order valence-corrected chi connectivity index (χ4v) is 1.24. The van der Waals surface area contributed by atoms with Crippen LogP contribution < -0.4 is 0 Å². The molecule has 0 heterocycles. The van der Waals surface area contributed by atoms with E-state index in [2.05, 4.69) is 13.3 Å². The predicted octanol–water partition coefficient (Wildman–Crippen LogP) is 1.80. The molecule has 0 aromatic rings. The van der Waals surface area contributed by atoms with Crippen molar-refractivity contribution >= 4 is 6.72 Å². The molecule has 88 valence electrons. The van der Waals surface area contributed by atoms with Crippen molar-refractivity contribution in [2.75, 3.05) is 20.2 Å². The normalized spacial score (nSPS) is 12.4. The van der Waals surface area contributed by atoms with Gasteiger partial charge in [0.1, 0.15) is 20.3 Å². The average molecular weight is 214 g/mol. The van der Waals surface area contributed by atoms with Crippen LogP contribution in [0.25, 0.3) is 0 Å². The average Bonchev–Trinajstić information content (AvgIpc) is 2.19. The third-order valence-electron chi connectivity index (χ3n) is 2.10. The van der Waals surface area contributed by atoms with Gasteiger partial charge in [-0.25, -0.2) is 4.58 Å². The molecule has 0 aromatic carbocycles. The molecular formula is C12H24NO2+. The van der Waals surface area contributed by atoms with Crippen LogP contribution in [-0.4, -0.2) is 42.9 Å². The number of nitrogens with zero attached hydrogens (tertiary/aromatic N) is 1. The van der Waals surface area contributed by atoms with E-state index in [1.54, 1.807) is 0 Å². The van der Waals surface area contributed by atoms with Crippen LogP contribution in [0, 0.1) is 0 Å². The minimum absolute atomic E-state index is 0.600. The first-order valence-electron chi connectivity index (χ1n) is 5.59. The van der Waals surface area contributed by atoms with E-state index >= 15 is 0 Å². The Balaban J connectivity index is 3.21. The third kappa shape index (κ3) is 11.3. The second-order valence-electron chi connectivity index (χ2n) is 3.83. The number of hydrogen-bond donors (Lipinski definition) is 1. The van der Waals surface area contributed by atoms with Crippen molar-refractivity contribution < 1.29 is 14.4 Å². The second kappa shape index (κ2) is 9.87. The molecule has 0 saturated heterocycles. The van der Waals surface area contributed by atoms with E-state index in [0.717, 1.165) is 32.2 Å². The monoisotopic (exact) mass is 214 g/mol. The van der Waals surface area contributed by atoms with Crippen LogP contribution in [0.2, 0.25) is 0 Å². The molecule has 0 aromatic heterocycles. The molecule has 3 heteroatoms. The number of aliphatic hydroxyl groups excluding tert-OH is 1. The van der Waals surface area contributed by atoms with E-state index < -0.39 is 6.29 Å². The molecule has 0 amide bonds. The first kappa shape index (κ1) is 14.3. The highest BCUT2D eigenvalue weighted by molar-refractivity contribution is 5.13. The molecular weight excluding hydrogens is 190 g/mol. The summed E-state index contributed by atoms with van der Waals surface area (Å²) in [6, 6.07) is 0. The van der Waals surface area contributed by atoms with Gasteiger partial charge in [0.25, 0.3) is 0 Å². The fraction of sp³-hybridized carbons (Fsp3) is 0.750. The Labute approximate surface area is 93.1 Å². The quantitative estimate of drug-likeness (QED) is 0.198. The van der Waals surface area contributed by atoms with Gasteiger partial charge in [-0.05, 0) is 25.7 Å². The van der Waals surface area contributed by atoms with Crippen molar-refractivity contribution in [1.29, 1.82) is 0 Å². The van der Waals surface area contributed by atoms with Crippen LogP contribution >= 0.6 is 0 Å². The van der Waals surface area contributed by atoms with Gasteiger partial charge < -0.3 is 9.84 Å². The summed E-state index contributed by atoms with van der Waals surface area (Å²) in [7, 11) is 1.92. The van der Waals surface area contributed by atoms with Crippen molar-refractivity contribution in [2.45, 2.75) is 38.4 Å². The lowest BCUT2D eigenvalue weighted by Gasteiger charge is -2.10. The number of rotatable bonds is 10. The minimum Gasteiger partial charge on any atom is -0.368 e. The third-order valence-corrected chi connectivity index (χ3v) is 2.10. The zero-order chi connectivity index (χ0) is 11.5. The number of hydrogen-bond acceptors (Lipinski definition) is 2. The number of unbranched alkanes of at least 4 members (excludes halogenated alkanes) is 2. The van der Waals surface area contributed by atoms with Gasteiger partial charge in [0.15, 0.2) is 6.29 Å². The molecule has 0 saturated carbocycles. The molecule has 0 radical (unpaired) electrons. The van der Waals surface area contributed by atoms with Gasteiger partial charge in [-0.3, -0.25) is 0 Å². The lowest BCUT2D eigenvalue weighted by molar-refractivity contribution is -0.489. The summed E-state index contributed by atoms with van der Waals surface area (Å²) in [4.78, 5) is 0. The first-order chi connectivity index (χ1) is 7.16. The zero-order valence-corrected chi connectivity index (χ0v) is 9.82. The van der Waals surface area contributed by atoms with E-state index in [1.807, 2.05) is 17.7 Å². The molecule has 15 heavy (non-hydrogen) atoms. The second-order valence-corrected chi connectivity index (χ2v) is 3.83. The van der Waals surface area contributed by atoms with Gasteiger partial charge in [-0.1, -0.05) is 6.08 Å². The van der Waals surface area contributed by atoms with Crippen LogP contribution in [0.3, 0.4) is 0 Å². The Morgan fingerprint density at radius 3 is 2.73 bits per heavy atom. The van der Waals surface area contributed by atoms with E-state index in [0.29, 0.717) is 13.0 Å². The Morgan fingerprint density at radius 1 is 1.40 bits per heavy atom. The molecule has 0 aliphatic heterocycles. The van der Waals surface area contributed by atoms with Gasteiger partial charge in [0.05, 0.1) is 6.61 Å². The molecule has 1 N–H and O–H groups in total. The highest BCUT2D eigenvalue weighted by Gasteiger charge is 2.03. The zero-order valence-electron chi connectivity index (χ0n) is 9.82. The van der Waals surface area contributed by atoms with Gasteiger partial charge in [-0.2, -0.15) is 0 Å². The van der Waals surface area contributed by atoms with Crippen LogP contribution in [0.5, 0.6) is 0 Å². The molecule has 0 rings (SSSR count). The van der Waals surface area contributed by atoms with Crippen LogP contribution in [0.1, 0.15) is 32.1 Å². The number of aliphatic hydroxyl groups is 1. The first-order valence-corrected chi connectivity index (χ1v) is 5.59. The van der Waals surface area contributed by atoms with E-state index in [-0.39, 0.29) is 0 Å². The SMILES string of the molecule is C=CCCCCC(O)OCCC[N+](=C)C. The van der Waals surface area contributed by atoms with Crippen LogP contribution in [-0.2, 0) is 4.74 Å². The van der Waals surface area contributed by atoms with E-state index in [1.165, 1.54) is 0 Å². The lowest BCUT2D eigenvalue weighted by atomic mass is 10.2. The molecule has 0 aliphatic carbocycles. The molecule has 3 nitrogen and oxygen atoms in total. The van der Waals surface area contributed by atoms with Gasteiger partial charge in [0.2, 0.25) is 0 Å². The maximum atomic E-state index is 9.44. The van der Waals surface area contributed by atoms with E-state index in [9.17, 15) is 5.11 Å². The lowest BCUT2D eigenvalue weighted by Crippen LogP contribution is -2.15. The number of ether oxygens (including phenoxy) is 1. The predicted molar refractivity (Wildman–Crippen MR) is 63.4 cm³/mol. The summed E-state index contributed by atoms with van der Waals surface area (Å²) in [6.07, 6.45) is 5.99. The maximum absolute atomic E-state index is 9.44. The summed E-state index contributed by atoms with van der Waals surface area (Å²) in [6.45, 7) is 8.87. The van der Waals surface area contributed by atoms with Gasteiger partial charge in [0, 0.05) is 6.42 Å². The van der Waals surface area contributed by atoms with Crippen molar-refractivity contribution in [3.05, 3.63) is 12.7 Å². The standard InChI is InChI=1S/C12H24NO2/c1-4-5-6-7-9-12(14)15-11-8-10-13(2)3/h4,12,14H,1-2,5-11H2,3H3/q+1. The summed E-state index contributed by atoms with van der Waals surface area (Å²) in [5, 5.41) is 9.44. The number of allylic oxidation sites excluding steroid dienone is 1. The molecule has 0 fully saturated rings. The fourth-order valence-electron chi connectivity index (χ4n) is 1.24. The Bertz CT molecular complexity index is 180. The summed E-state index contributed by atoms with van der Waals surface area (Å²) >= 11 is 0. The van der Waals surface area contributed by atoms with E-state index in [4.69, 9.17) is 4.74 Å². The Morgan fingerprint density at radius 2 is 2.13 bits per heavy atom. The minimum atomic E-state index is -0.607. The Kier molecular flexibility index (Phi) is 9.43. The van der Waals surface area contributed by atoms with Crippen molar-refractivity contribution in [3.63, 3.8) is 0 Å². The van der Waals surface area contributed by atoms with Crippen LogP contribution in [0.4, 0.5) is 0 Å². The highest BCUT2D eigenvalue weighted by atomic mass is 16.6. The van der Waals surface area contributed by atoms with Gasteiger partial charge in [-0.15, -0.1) is 6.58 Å². The highest BCUT2D eigenvalue weighted by Crippen LogP contribution is 2.05. The Hall–Kier alpha value is -0.670. The summed E-state index contributed by atoms with van der Waals surface area (Å²) in [5.41, 5.74) is 0. The van der Waals surface area contributed by atoms with Crippen molar-refractivity contribution in [2.24, 2.45) is 0 Å². The molecule has 0 aliphatic rings. The topological polar surface area (TPSA) is 32.5 Å². The summed E-state index contributed by atoms with van der Waals surface area (Å²) in [5.74, 6) is 0. The largest absolute Gasteiger partial charge is 0.368 e. The van der Waals surface area contributed by atoms with Crippen LogP contribution in [0.15, 0.2) is 12.7 Å². The van der Waals surface area contributed by atoms with Crippen molar-refractivity contribution in [3.8, 4) is 0 Å². The maximum Gasteiger partial charge on any atom is 0.154 e. The van der Waals surface area contributed by atoms with Crippen molar-refractivity contribution in [1.82, 2.24) is 0 Å². The van der Waals surface area contributed by atoms with Gasteiger partial charge >= 0.3 is 0 Å². The summed E-state index contributed by atoms with van der Waals surface area (Å²) < 4.78 is 7.11. The molecule has 0 bridgehead atoms. The molecule has 1 atom stereocenters. The molecule has 1 unspecified atom stereocenters.